The molecule has 100 valence electrons. The van der Waals surface area contributed by atoms with Gasteiger partial charge in [0.25, 0.3) is 5.69 Å². The first-order chi connectivity index (χ1) is 8.90. The molecule has 0 saturated carbocycles. The highest BCUT2D eigenvalue weighted by Gasteiger charge is 2.13. The molecule has 19 heavy (non-hydrogen) atoms. The molecule has 1 aromatic rings. The Hall–Kier alpha value is -2.77. The van der Waals surface area contributed by atoms with Crippen LogP contribution in [0.25, 0.3) is 0 Å². The van der Waals surface area contributed by atoms with Crippen LogP contribution in [0.1, 0.15) is 13.8 Å². The van der Waals surface area contributed by atoms with Crippen molar-refractivity contribution < 1.29 is 14.5 Å². The lowest BCUT2D eigenvalue weighted by atomic mass is 10.3. The number of hydrazone groups is 1. The predicted octanol–water partition coefficient (Wildman–Crippen LogP) is 1.05. The number of nitro benzene ring substituents is 1. The molecule has 0 bridgehead atoms. The maximum atomic E-state index is 11.4. The van der Waals surface area contributed by atoms with Crippen molar-refractivity contribution in [1.82, 2.24) is 5.43 Å². The summed E-state index contributed by atoms with van der Waals surface area (Å²) in [5.74, 6) is -1.82. The molecule has 0 fully saturated rings. The number of hydrogen-bond acceptors (Lipinski definition) is 5. The number of non-ortho nitro benzene ring substituents is 1. The van der Waals surface area contributed by atoms with E-state index in [4.69, 9.17) is 0 Å². The zero-order valence-electron chi connectivity index (χ0n) is 10.3. The van der Waals surface area contributed by atoms with Gasteiger partial charge in [-0.15, -0.1) is 0 Å². The largest absolute Gasteiger partial charge is 0.329 e. The summed E-state index contributed by atoms with van der Waals surface area (Å²) in [4.78, 5) is 32.6. The Morgan fingerprint density at radius 1 is 1.16 bits per heavy atom. The number of rotatable bonds is 3. The van der Waals surface area contributed by atoms with Crippen LogP contribution in [-0.2, 0) is 9.59 Å². The SMILES string of the molecule is CC(C)=NNC(=O)C(=O)Nc1ccc([N+](=O)[O-])cc1. The van der Waals surface area contributed by atoms with Crippen LogP contribution in [0.4, 0.5) is 11.4 Å². The third-order valence-corrected chi connectivity index (χ3v) is 1.92. The Balaban J connectivity index is 2.64. The summed E-state index contributed by atoms with van der Waals surface area (Å²) in [6.07, 6.45) is 0. The maximum Gasteiger partial charge on any atom is 0.329 e. The van der Waals surface area contributed by atoms with E-state index in [1.54, 1.807) is 13.8 Å². The first-order valence-corrected chi connectivity index (χ1v) is 5.27. The quantitative estimate of drug-likeness (QED) is 0.367. The van der Waals surface area contributed by atoms with Gasteiger partial charge in [-0.1, -0.05) is 0 Å². The van der Waals surface area contributed by atoms with Crippen molar-refractivity contribution in [3.8, 4) is 0 Å². The summed E-state index contributed by atoms with van der Waals surface area (Å²) in [6, 6.07) is 5.11. The van der Waals surface area contributed by atoms with Crippen LogP contribution in [0.2, 0.25) is 0 Å². The van der Waals surface area contributed by atoms with E-state index in [2.05, 4.69) is 15.8 Å². The second-order valence-electron chi connectivity index (χ2n) is 3.76. The Morgan fingerprint density at radius 2 is 1.74 bits per heavy atom. The summed E-state index contributed by atoms with van der Waals surface area (Å²) >= 11 is 0. The number of hydrogen-bond donors (Lipinski definition) is 2. The lowest BCUT2D eigenvalue weighted by molar-refractivity contribution is -0.384. The van der Waals surface area contributed by atoms with Gasteiger partial charge in [-0.25, -0.2) is 5.43 Å². The normalized spacial score (nSPS) is 9.37. The number of amides is 2. The minimum absolute atomic E-state index is 0.103. The molecule has 0 saturated heterocycles. The van der Waals surface area contributed by atoms with Crippen molar-refractivity contribution in [3.05, 3.63) is 34.4 Å². The fourth-order valence-corrected chi connectivity index (χ4v) is 1.07. The van der Waals surface area contributed by atoms with E-state index in [0.29, 0.717) is 5.71 Å². The molecule has 0 aliphatic carbocycles. The van der Waals surface area contributed by atoms with Gasteiger partial charge in [0.2, 0.25) is 0 Å². The third-order valence-electron chi connectivity index (χ3n) is 1.92. The number of carbonyl (C=O) groups excluding carboxylic acids is 2. The molecule has 0 unspecified atom stereocenters. The summed E-state index contributed by atoms with van der Waals surface area (Å²) in [7, 11) is 0. The summed E-state index contributed by atoms with van der Waals surface area (Å²) in [6.45, 7) is 3.32. The monoisotopic (exact) mass is 264 g/mol. The van der Waals surface area contributed by atoms with E-state index >= 15 is 0 Å². The third kappa shape index (κ3) is 4.54. The first kappa shape index (κ1) is 14.3. The van der Waals surface area contributed by atoms with Crippen LogP contribution in [0.15, 0.2) is 29.4 Å². The Morgan fingerprint density at radius 3 is 2.21 bits per heavy atom. The van der Waals surface area contributed by atoms with Gasteiger partial charge in [0, 0.05) is 23.5 Å². The number of anilines is 1. The predicted molar refractivity (Wildman–Crippen MR) is 68.7 cm³/mol. The summed E-state index contributed by atoms with van der Waals surface area (Å²) in [5, 5.41) is 16.3. The average Bonchev–Trinajstić information content (AvgIpc) is 2.36. The molecule has 1 aromatic carbocycles. The molecule has 0 aliphatic heterocycles. The van der Waals surface area contributed by atoms with Crippen molar-refractivity contribution >= 4 is 28.9 Å². The highest BCUT2D eigenvalue weighted by molar-refractivity contribution is 6.39. The van der Waals surface area contributed by atoms with Gasteiger partial charge in [0.15, 0.2) is 0 Å². The van der Waals surface area contributed by atoms with Gasteiger partial charge in [0.05, 0.1) is 4.92 Å². The van der Waals surface area contributed by atoms with Crippen molar-refractivity contribution in [2.24, 2.45) is 5.10 Å². The molecule has 1 rings (SSSR count). The molecule has 8 heteroatoms. The molecule has 2 amide bonds. The van der Waals surface area contributed by atoms with Crippen molar-refractivity contribution in [1.29, 1.82) is 0 Å². The standard InChI is InChI=1S/C11H12N4O4/c1-7(2)13-14-11(17)10(16)12-8-3-5-9(6-4-8)15(18)19/h3-6H,1-2H3,(H,12,16)(H,14,17). The number of nitro groups is 1. The molecular weight excluding hydrogens is 252 g/mol. The van der Waals surface area contributed by atoms with E-state index in [0.717, 1.165) is 0 Å². The second-order valence-corrected chi connectivity index (χ2v) is 3.76. The van der Waals surface area contributed by atoms with E-state index in [1.165, 1.54) is 24.3 Å². The fourth-order valence-electron chi connectivity index (χ4n) is 1.07. The second kappa shape index (κ2) is 6.24. The number of nitrogens with one attached hydrogen (secondary N) is 2. The lowest BCUT2D eigenvalue weighted by Gasteiger charge is -2.03. The summed E-state index contributed by atoms with van der Waals surface area (Å²) < 4.78 is 0. The van der Waals surface area contributed by atoms with E-state index in [-0.39, 0.29) is 11.4 Å². The van der Waals surface area contributed by atoms with Crippen LogP contribution >= 0.6 is 0 Å². The van der Waals surface area contributed by atoms with Crippen LogP contribution in [0, 0.1) is 10.1 Å². The molecule has 0 aromatic heterocycles. The van der Waals surface area contributed by atoms with E-state index in [1.807, 2.05) is 0 Å². The van der Waals surface area contributed by atoms with Gasteiger partial charge in [-0.05, 0) is 26.0 Å². The molecule has 2 N–H and O–H groups in total. The molecule has 0 spiro atoms. The van der Waals surface area contributed by atoms with Crippen LogP contribution in [0.3, 0.4) is 0 Å². The zero-order valence-corrected chi connectivity index (χ0v) is 10.3. The fraction of sp³-hybridized carbons (Fsp3) is 0.182. The molecule has 0 radical (unpaired) electrons. The van der Waals surface area contributed by atoms with E-state index < -0.39 is 16.7 Å². The number of carbonyl (C=O) groups is 2. The summed E-state index contributed by atoms with van der Waals surface area (Å²) in [5.41, 5.74) is 2.83. The van der Waals surface area contributed by atoms with Gasteiger partial charge < -0.3 is 5.32 Å². The van der Waals surface area contributed by atoms with E-state index in [9.17, 15) is 19.7 Å². The minimum Gasteiger partial charge on any atom is -0.318 e. The lowest BCUT2D eigenvalue weighted by Crippen LogP contribution is -2.32. The number of benzene rings is 1. The van der Waals surface area contributed by atoms with Gasteiger partial charge in [-0.2, -0.15) is 5.10 Å². The van der Waals surface area contributed by atoms with Crippen molar-refractivity contribution in [2.45, 2.75) is 13.8 Å². The minimum atomic E-state index is -0.917. The Kier molecular flexibility index (Phi) is 4.69. The molecular formula is C11H12N4O4. The molecule has 8 nitrogen and oxygen atoms in total. The average molecular weight is 264 g/mol. The molecule has 0 atom stereocenters. The van der Waals surface area contributed by atoms with Gasteiger partial charge in [-0.3, -0.25) is 19.7 Å². The Labute approximate surface area is 108 Å². The molecule has 0 aliphatic rings. The Bertz CT molecular complexity index is 532. The van der Waals surface area contributed by atoms with Crippen molar-refractivity contribution in [2.75, 3.05) is 5.32 Å². The highest BCUT2D eigenvalue weighted by atomic mass is 16.6. The van der Waals surface area contributed by atoms with Crippen molar-refractivity contribution in [3.63, 3.8) is 0 Å². The topological polar surface area (TPSA) is 114 Å². The highest BCUT2D eigenvalue weighted by Crippen LogP contribution is 2.15. The van der Waals surface area contributed by atoms with Crippen LogP contribution in [-0.4, -0.2) is 22.4 Å². The maximum absolute atomic E-state index is 11.4. The smallest absolute Gasteiger partial charge is 0.318 e. The van der Waals surface area contributed by atoms with Gasteiger partial charge >= 0.3 is 11.8 Å². The molecule has 0 heterocycles. The van der Waals surface area contributed by atoms with Crippen LogP contribution < -0.4 is 10.7 Å². The zero-order chi connectivity index (χ0) is 14.4. The first-order valence-electron chi connectivity index (χ1n) is 5.27. The van der Waals surface area contributed by atoms with Gasteiger partial charge in [0.1, 0.15) is 0 Å². The van der Waals surface area contributed by atoms with Crippen LogP contribution in [0.5, 0.6) is 0 Å². The number of nitrogens with zero attached hydrogens (tertiary/aromatic N) is 2.